The highest BCUT2D eigenvalue weighted by atomic mass is 16.5. The van der Waals surface area contributed by atoms with Crippen LogP contribution in [0, 0.1) is 0 Å². The van der Waals surface area contributed by atoms with Crippen LogP contribution < -0.4 is 5.32 Å². The van der Waals surface area contributed by atoms with Gasteiger partial charge in [0.15, 0.2) is 0 Å². The predicted molar refractivity (Wildman–Crippen MR) is 57.4 cm³/mol. The molecule has 1 aliphatic heterocycles. The van der Waals surface area contributed by atoms with Crippen molar-refractivity contribution in [1.82, 2.24) is 5.32 Å². The number of rotatable bonds is 3. The molecule has 0 amide bonds. The summed E-state index contributed by atoms with van der Waals surface area (Å²) in [6, 6.07) is 11.2. The summed E-state index contributed by atoms with van der Waals surface area (Å²) >= 11 is 0. The van der Waals surface area contributed by atoms with E-state index in [-0.39, 0.29) is 0 Å². The first kappa shape index (κ1) is 9.69. The molecule has 0 unspecified atom stereocenters. The number of hydrogen-bond donors (Lipinski definition) is 1. The molecule has 1 saturated heterocycles. The molecule has 1 aliphatic rings. The Bertz CT molecular complexity index is 254. The zero-order chi connectivity index (χ0) is 9.64. The maximum Gasteiger partial charge on any atom is 0.0620 e. The van der Waals surface area contributed by atoms with Crippen molar-refractivity contribution in [2.75, 3.05) is 19.8 Å². The van der Waals surface area contributed by atoms with Gasteiger partial charge in [0, 0.05) is 12.6 Å². The number of benzene rings is 1. The van der Waals surface area contributed by atoms with Crippen molar-refractivity contribution in [3.05, 3.63) is 35.9 Å². The lowest BCUT2D eigenvalue weighted by Crippen LogP contribution is -2.41. The van der Waals surface area contributed by atoms with Gasteiger partial charge in [-0.25, -0.2) is 0 Å². The molecule has 0 saturated carbocycles. The molecule has 1 N–H and O–H groups in total. The molecule has 76 valence electrons. The highest BCUT2D eigenvalue weighted by Crippen LogP contribution is 2.06. The SMILES string of the molecule is c1ccc(CC[C@@H]2COCCN2)cc1. The van der Waals surface area contributed by atoms with Crippen LogP contribution in [0.4, 0.5) is 0 Å². The summed E-state index contributed by atoms with van der Waals surface area (Å²) in [7, 11) is 0. The van der Waals surface area contributed by atoms with Crippen LogP contribution >= 0.6 is 0 Å². The largest absolute Gasteiger partial charge is 0.379 e. The Morgan fingerprint density at radius 2 is 2.14 bits per heavy atom. The van der Waals surface area contributed by atoms with Crippen LogP contribution in [0.2, 0.25) is 0 Å². The number of aryl methyl sites for hydroxylation is 1. The Morgan fingerprint density at radius 1 is 1.29 bits per heavy atom. The molecule has 1 aromatic carbocycles. The van der Waals surface area contributed by atoms with Gasteiger partial charge in [-0.3, -0.25) is 0 Å². The maximum atomic E-state index is 5.41. The summed E-state index contributed by atoms with van der Waals surface area (Å²) in [5.74, 6) is 0. The Labute approximate surface area is 85.3 Å². The second-order valence-electron chi connectivity index (χ2n) is 3.75. The van der Waals surface area contributed by atoms with Crippen molar-refractivity contribution in [2.24, 2.45) is 0 Å². The van der Waals surface area contributed by atoms with Gasteiger partial charge in [0.05, 0.1) is 13.2 Å². The van der Waals surface area contributed by atoms with Crippen molar-refractivity contribution in [1.29, 1.82) is 0 Å². The van der Waals surface area contributed by atoms with Gasteiger partial charge in [-0.2, -0.15) is 0 Å². The van der Waals surface area contributed by atoms with E-state index in [1.54, 1.807) is 0 Å². The van der Waals surface area contributed by atoms with E-state index in [1.807, 2.05) is 0 Å². The van der Waals surface area contributed by atoms with Gasteiger partial charge in [-0.15, -0.1) is 0 Å². The van der Waals surface area contributed by atoms with E-state index < -0.39 is 0 Å². The molecule has 2 nitrogen and oxygen atoms in total. The molecule has 2 rings (SSSR count). The minimum atomic E-state index is 0.545. The molecule has 1 atom stereocenters. The highest BCUT2D eigenvalue weighted by molar-refractivity contribution is 5.14. The van der Waals surface area contributed by atoms with E-state index >= 15 is 0 Å². The first-order chi connectivity index (χ1) is 6.95. The molecular formula is C12H17NO. The smallest absolute Gasteiger partial charge is 0.0620 e. The van der Waals surface area contributed by atoms with Gasteiger partial charge < -0.3 is 10.1 Å². The lowest BCUT2D eigenvalue weighted by Gasteiger charge is -2.23. The molecule has 0 radical (unpaired) electrons. The van der Waals surface area contributed by atoms with E-state index in [4.69, 9.17) is 4.74 Å². The van der Waals surface area contributed by atoms with E-state index in [0.717, 1.165) is 26.2 Å². The Morgan fingerprint density at radius 3 is 2.86 bits per heavy atom. The molecular weight excluding hydrogens is 174 g/mol. The van der Waals surface area contributed by atoms with E-state index in [9.17, 15) is 0 Å². The minimum Gasteiger partial charge on any atom is -0.379 e. The van der Waals surface area contributed by atoms with Crippen molar-refractivity contribution in [3.8, 4) is 0 Å². The van der Waals surface area contributed by atoms with Crippen LogP contribution in [0.15, 0.2) is 30.3 Å². The van der Waals surface area contributed by atoms with Gasteiger partial charge in [-0.1, -0.05) is 30.3 Å². The average molecular weight is 191 g/mol. The second kappa shape index (κ2) is 5.13. The average Bonchev–Trinajstić information content (AvgIpc) is 2.29. The molecule has 0 aliphatic carbocycles. The molecule has 14 heavy (non-hydrogen) atoms. The fourth-order valence-electron chi connectivity index (χ4n) is 1.79. The standard InChI is InChI=1S/C12H17NO/c1-2-4-11(5-3-1)6-7-12-10-14-9-8-13-12/h1-5,12-13H,6-10H2/t12-/m1/s1. The van der Waals surface area contributed by atoms with Crippen LogP contribution in [-0.4, -0.2) is 25.8 Å². The van der Waals surface area contributed by atoms with E-state index in [1.165, 1.54) is 12.0 Å². The summed E-state index contributed by atoms with van der Waals surface area (Å²) in [4.78, 5) is 0. The van der Waals surface area contributed by atoms with Gasteiger partial charge in [0.2, 0.25) is 0 Å². The van der Waals surface area contributed by atoms with Crippen molar-refractivity contribution < 1.29 is 4.74 Å². The maximum absolute atomic E-state index is 5.41. The lowest BCUT2D eigenvalue weighted by molar-refractivity contribution is 0.0743. The third-order valence-electron chi connectivity index (χ3n) is 2.62. The Hall–Kier alpha value is -0.860. The molecule has 1 heterocycles. The topological polar surface area (TPSA) is 21.3 Å². The zero-order valence-corrected chi connectivity index (χ0v) is 8.41. The summed E-state index contributed by atoms with van der Waals surface area (Å²) in [5.41, 5.74) is 1.42. The van der Waals surface area contributed by atoms with E-state index in [2.05, 4.69) is 35.6 Å². The van der Waals surface area contributed by atoms with Gasteiger partial charge >= 0.3 is 0 Å². The monoisotopic (exact) mass is 191 g/mol. The molecule has 1 fully saturated rings. The van der Waals surface area contributed by atoms with Gasteiger partial charge in [0.25, 0.3) is 0 Å². The number of ether oxygens (including phenoxy) is 1. The Kier molecular flexibility index (Phi) is 3.55. The number of morpholine rings is 1. The van der Waals surface area contributed by atoms with Gasteiger partial charge in [0.1, 0.15) is 0 Å². The minimum absolute atomic E-state index is 0.545. The fourth-order valence-corrected chi connectivity index (χ4v) is 1.79. The normalized spacial score (nSPS) is 22.1. The molecule has 0 bridgehead atoms. The Balaban J connectivity index is 1.76. The van der Waals surface area contributed by atoms with Crippen molar-refractivity contribution in [3.63, 3.8) is 0 Å². The molecule has 1 aromatic rings. The first-order valence-electron chi connectivity index (χ1n) is 5.30. The molecule has 2 heteroatoms. The van der Waals surface area contributed by atoms with Crippen LogP contribution in [-0.2, 0) is 11.2 Å². The summed E-state index contributed by atoms with van der Waals surface area (Å²) < 4.78 is 5.41. The third kappa shape index (κ3) is 2.82. The van der Waals surface area contributed by atoms with E-state index in [0.29, 0.717) is 6.04 Å². The van der Waals surface area contributed by atoms with Crippen molar-refractivity contribution in [2.45, 2.75) is 18.9 Å². The fraction of sp³-hybridized carbons (Fsp3) is 0.500. The van der Waals surface area contributed by atoms with Crippen LogP contribution in [0.1, 0.15) is 12.0 Å². The second-order valence-corrected chi connectivity index (χ2v) is 3.75. The van der Waals surface area contributed by atoms with Crippen LogP contribution in [0.3, 0.4) is 0 Å². The molecule has 0 spiro atoms. The van der Waals surface area contributed by atoms with Crippen LogP contribution in [0.25, 0.3) is 0 Å². The third-order valence-corrected chi connectivity index (χ3v) is 2.62. The van der Waals surface area contributed by atoms with Crippen molar-refractivity contribution >= 4 is 0 Å². The highest BCUT2D eigenvalue weighted by Gasteiger charge is 2.11. The lowest BCUT2D eigenvalue weighted by atomic mass is 10.1. The van der Waals surface area contributed by atoms with Crippen LogP contribution in [0.5, 0.6) is 0 Å². The number of nitrogens with one attached hydrogen (secondary N) is 1. The quantitative estimate of drug-likeness (QED) is 0.783. The van der Waals surface area contributed by atoms with Gasteiger partial charge in [-0.05, 0) is 18.4 Å². The zero-order valence-electron chi connectivity index (χ0n) is 8.41. The predicted octanol–water partition coefficient (Wildman–Crippen LogP) is 1.61. The summed E-state index contributed by atoms with van der Waals surface area (Å²) in [6.45, 7) is 2.73. The first-order valence-corrected chi connectivity index (χ1v) is 5.30. The summed E-state index contributed by atoms with van der Waals surface area (Å²) in [5, 5.41) is 3.46. The number of hydrogen-bond acceptors (Lipinski definition) is 2. The summed E-state index contributed by atoms with van der Waals surface area (Å²) in [6.07, 6.45) is 2.31. The molecule has 0 aromatic heterocycles.